The molecule has 1 aliphatic rings. The van der Waals surface area contributed by atoms with E-state index in [1.807, 2.05) is 0 Å². The van der Waals surface area contributed by atoms with Crippen LogP contribution in [-0.4, -0.2) is 25.0 Å². The summed E-state index contributed by atoms with van der Waals surface area (Å²) in [5.41, 5.74) is 4.28. The zero-order chi connectivity index (χ0) is 14.9. The number of allylic oxidation sites excluding steroid dienone is 1. The lowest BCUT2D eigenvalue weighted by atomic mass is 9.77. The highest BCUT2D eigenvalue weighted by Gasteiger charge is 2.36. The average Bonchev–Trinajstić information content (AvgIpc) is 2.41. The zero-order valence-corrected chi connectivity index (χ0v) is 10.7. The van der Waals surface area contributed by atoms with Crippen molar-refractivity contribution in [3.8, 4) is 0 Å². The monoisotopic (exact) mass is 282 g/mol. The summed E-state index contributed by atoms with van der Waals surface area (Å²) in [6.45, 7) is 1.24. The van der Waals surface area contributed by atoms with E-state index in [-0.39, 0.29) is 29.1 Å². The molecular weight excluding hydrogens is 269 g/mol. The van der Waals surface area contributed by atoms with Crippen molar-refractivity contribution in [1.82, 2.24) is 0 Å². The maximum absolute atomic E-state index is 13.5. The number of nitrogen functional groups attached to an aromatic ring is 1. The molecule has 1 atom stereocenters. The minimum Gasteiger partial charge on any atom is -0.396 e. The number of alkyl halides is 2. The molecule has 0 aromatic heterocycles. The van der Waals surface area contributed by atoms with E-state index < -0.39 is 17.7 Å². The van der Waals surface area contributed by atoms with Gasteiger partial charge in [-0.3, -0.25) is 4.99 Å². The lowest BCUT2D eigenvalue weighted by Gasteiger charge is -2.29. The summed E-state index contributed by atoms with van der Waals surface area (Å²) in [6.07, 6.45) is -0.770. The molecule has 1 heterocycles. The van der Waals surface area contributed by atoms with Crippen molar-refractivity contribution in [2.75, 3.05) is 12.3 Å². The van der Waals surface area contributed by atoms with Gasteiger partial charge < -0.3 is 10.5 Å². The van der Waals surface area contributed by atoms with Crippen LogP contribution in [0, 0.1) is 5.82 Å². The van der Waals surface area contributed by atoms with E-state index in [2.05, 4.69) is 4.99 Å². The predicted molar refractivity (Wildman–Crippen MR) is 70.6 cm³/mol. The number of rotatable bonds is 3. The normalized spacial score (nSPS) is 22.4. The van der Waals surface area contributed by atoms with Crippen molar-refractivity contribution in [2.24, 2.45) is 4.99 Å². The van der Waals surface area contributed by atoms with Gasteiger partial charge in [0.05, 0.1) is 17.6 Å². The Bertz CT molecular complexity index is 610. The number of carbonyl (C=O) groups is 1. The van der Waals surface area contributed by atoms with Gasteiger partial charge >= 0.3 is 0 Å². The standard InChI is InChI=1S/C14H13F3N2O/c1-8-5-14(7-20,6-19-12(8)13(16)17)9-3-2-4-10(15)11(9)18/h2-5,7,13H,6,18H2,1H3. The fourth-order valence-corrected chi connectivity index (χ4v) is 2.33. The number of hydrogen-bond acceptors (Lipinski definition) is 3. The molecular formula is C14H13F3N2O. The number of anilines is 1. The first-order valence-corrected chi connectivity index (χ1v) is 5.94. The number of aldehydes is 1. The van der Waals surface area contributed by atoms with Crippen LogP contribution in [0.4, 0.5) is 18.9 Å². The quantitative estimate of drug-likeness (QED) is 0.684. The number of benzene rings is 1. The van der Waals surface area contributed by atoms with Crippen molar-refractivity contribution < 1.29 is 18.0 Å². The maximum atomic E-state index is 13.5. The minimum atomic E-state index is -2.71. The summed E-state index contributed by atoms with van der Waals surface area (Å²) in [5.74, 6) is -0.654. The Morgan fingerprint density at radius 3 is 2.70 bits per heavy atom. The molecule has 0 amide bonds. The number of carbonyl (C=O) groups excluding carboxylic acids is 1. The molecule has 0 radical (unpaired) electrons. The van der Waals surface area contributed by atoms with Crippen molar-refractivity contribution in [2.45, 2.75) is 18.8 Å². The zero-order valence-electron chi connectivity index (χ0n) is 10.7. The highest BCUT2D eigenvalue weighted by Crippen LogP contribution is 2.34. The molecule has 1 aromatic carbocycles. The number of hydrogen-bond donors (Lipinski definition) is 1. The average molecular weight is 282 g/mol. The van der Waals surface area contributed by atoms with E-state index in [4.69, 9.17) is 5.73 Å². The van der Waals surface area contributed by atoms with Crippen LogP contribution in [0.1, 0.15) is 12.5 Å². The Morgan fingerprint density at radius 1 is 1.45 bits per heavy atom. The van der Waals surface area contributed by atoms with Crippen LogP contribution >= 0.6 is 0 Å². The number of nitrogens with zero attached hydrogens (tertiary/aromatic N) is 1. The summed E-state index contributed by atoms with van der Waals surface area (Å²) < 4.78 is 39.0. The van der Waals surface area contributed by atoms with Gasteiger partial charge in [0, 0.05) is 0 Å². The van der Waals surface area contributed by atoms with Crippen molar-refractivity contribution in [3.63, 3.8) is 0 Å². The molecule has 20 heavy (non-hydrogen) atoms. The molecule has 106 valence electrons. The Hall–Kier alpha value is -2.11. The molecule has 6 heteroatoms. The lowest BCUT2D eigenvalue weighted by Crippen LogP contribution is -2.36. The van der Waals surface area contributed by atoms with Crippen LogP contribution in [0.15, 0.2) is 34.8 Å². The van der Waals surface area contributed by atoms with Gasteiger partial charge in [-0.1, -0.05) is 18.2 Å². The van der Waals surface area contributed by atoms with Gasteiger partial charge in [-0.05, 0) is 24.1 Å². The Kier molecular flexibility index (Phi) is 3.65. The summed E-state index contributed by atoms with van der Waals surface area (Å²) in [4.78, 5) is 15.3. The van der Waals surface area contributed by atoms with Gasteiger partial charge in [0.2, 0.25) is 0 Å². The summed E-state index contributed by atoms with van der Waals surface area (Å²) in [7, 11) is 0. The van der Waals surface area contributed by atoms with E-state index in [1.54, 1.807) is 0 Å². The SMILES string of the molecule is CC1=CC(C=O)(c2cccc(F)c2N)CN=C1C(F)F. The van der Waals surface area contributed by atoms with E-state index in [9.17, 15) is 18.0 Å². The fourth-order valence-electron chi connectivity index (χ4n) is 2.33. The molecule has 1 aromatic rings. The molecule has 1 aliphatic heterocycles. The van der Waals surface area contributed by atoms with Gasteiger partial charge in [0.15, 0.2) is 0 Å². The number of aliphatic imine (C=N–C) groups is 1. The molecule has 0 spiro atoms. The Balaban J connectivity index is 2.54. The summed E-state index contributed by atoms with van der Waals surface area (Å²) in [6, 6.07) is 4.09. The second kappa shape index (κ2) is 5.11. The highest BCUT2D eigenvalue weighted by atomic mass is 19.3. The largest absolute Gasteiger partial charge is 0.396 e. The summed E-state index contributed by atoms with van der Waals surface area (Å²) in [5, 5.41) is 0. The molecule has 0 aliphatic carbocycles. The van der Waals surface area contributed by atoms with E-state index in [0.717, 1.165) is 0 Å². The molecule has 3 nitrogen and oxygen atoms in total. The van der Waals surface area contributed by atoms with Gasteiger partial charge in [0.1, 0.15) is 17.8 Å². The fraction of sp³-hybridized carbons (Fsp3) is 0.286. The van der Waals surface area contributed by atoms with Crippen LogP contribution in [0.25, 0.3) is 0 Å². The van der Waals surface area contributed by atoms with Crippen LogP contribution in [-0.2, 0) is 10.2 Å². The maximum Gasteiger partial charge on any atom is 0.280 e. The van der Waals surface area contributed by atoms with Crippen molar-refractivity contribution >= 4 is 17.7 Å². The van der Waals surface area contributed by atoms with E-state index in [0.29, 0.717) is 6.29 Å². The first-order chi connectivity index (χ1) is 9.41. The smallest absolute Gasteiger partial charge is 0.280 e. The predicted octanol–water partition coefficient (Wildman–Crippen LogP) is 2.51. The third-order valence-electron chi connectivity index (χ3n) is 3.36. The third-order valence-corrected chi connectivity index (χ3v) is 3.36. The minimum absolute atomic E-state index is 0.167. The van der Waals surface area contributed by atoms with E-state index >= 15 is 0 Å². The Morgan fingerprint density at radius 2 is 2.15 bits per heavy atom. The molecule has 0 saturated carbocycles. The molecule has 2 N–H and O–H groups in total. The molecule has 0 fully saturated rings. The third kappa shape index (κ3) is 2.21. The van der Waals surface area contributed by atoms with E-state index in [1.165, 1.54) is 31.2 Å². The highest BCUT2D eigenvalue weighted by molar-refractivity contribution is 6.04. The van der Waals surface area contributed by atoms with Crippen molar-refractivity contribution in [3.05, 3.63) is 41.2 Å². The number of halogens is 3. The van der Waals surface area contributed by atoms with Gasteiger partial charge in [-0.25, -0.2) is 13.2 Å². The molecule has 0 saturated heterocycles. The van der Waals surface area contributed by atoms with Crippen LogP contribution in [0.5, 0.6) is 0 Å². The first-order valence-electron chi connectivity index (χ1n) is 5.94. The number of para-hydroxylation sites is 1. The van der Waals surface area contributed by atoms with Gasteiger partial charge in [-0.15, -0.1) is 0 Å². The first kappa shape index (κ1) is 14.3. The number of nitrogens with two attached hydrogens (primary N) is 1. The Labute approximate surface area is 114 Å². The van der Waals surface area contributed by atoms with Gasteiger partial charge in [0.25, 0.3) is 6.43 Å². The van der Waals surface area contributed by atoms with Gasteiger partial charge in [-0.2, -0.15) is 0 Å². The number of dihydropyridines is 1. The van der Waals surface area contributed by atoms with Crippen LogP contribution in [0.3, 0.4) is 0 Å². The second-order valence-electron chi connectivity index (χ2n) is 4.69. The topological polar surface area (TPSA) is 55.5 Å². The van der Waals surface area contributed by atoms with Crippen LogP contribution < -0.4 is 5.73 Å². The molecule has 0 bridgehead atoms. The van der Waals surface area contributed by atoms with Crippen molar-refractivity contribution in [1.29, 1.82) is 0 Å². The van der Waals surface area contributed by atoms with Crippen LogP contribution in [0.2, 0.25) is 0 Å². The molecule has 1 unspecified atom stereocenters. The lowest BCUT2D eigenvalue weighted by molar-refractivity contribution is -0.111. The second-order valence-corrected chi connectivity index (χ2v) is 4.69. The molecule has 2 rings (SSSR count). The summed E-state index contributed by atoms with van der Waals surface area (Å²) >= 11 is 0.